The molecule has 0 saturated heterocycles. The van der Waals surface area contributed by atoms with Gasteiger partial charge in [0, 0.05) is 17.2 Å². The molecule has 0 fully saturated rings. The van der Waals surface area contributed by atoms with Crippen molar-refractivity contribution in [3.05, 3.63) is 79.8 Å². The largest absolute Gasteiger partial charge is 0.387 e. The third-order valence-electron chi connectivity index (χ3n) is 3.62. The Morgan fingerprint density at radius 2 is 2.08 bits per heavy atom. The van der Waals surface area contributed by atoms with E-state index in [1.165, 1.54) is 29.1 Å². The maximum atomic E-state index is 12.5. The number of aliphatic hydroxyl groups is 1. The van der Waals surface area contributed by atoms with Crippen molar-refractivity contribution in [2.24, 2.45) is 0 Å². The lowest BCUT2D eigenvalue weighted by atomic mass is 10.1. The number of halogens is 1. The van der Waals surface area contributed by atoms with Crippen molar-refractivity contribution >= 4 is 28.2 Å². The van der Waals surface area contributed by atoms with E-state index in [0.717, 1.165) is 0 Å². The highest BCUT2D eigenvalue weighted by molar-refractivity contribution is 6.30. The van der Waals surface area contributed by atoms with E-state index in [2.05, 4.69) is 4.98 Å². The van der Waals surface area contributed by atoms with Gasteiger partial charge in [0.15, 0.2) is 0 Å². The highest BCUT2D eigenvalue weighted by Gasteiger charge is 2.14. The van der Waals surface area contributed by atoms with E-state index in [9.17, 15) is 20.0 Å². The number of hydrogen-bond donors (Lipinski definition) is 1. The summed E-state index contributed by atoms with van der Waals surface area (Å²) >= 11 is 5.89. The van der Waals surface area contributed by atoms with Gasteiger partial charge >= 0.3 is 0 Å². The quantitative estimate of drug-likeness (QED) is 0.579. The number of aromatic nitrogens is 2. The molecule has 0 saturated carbocycles. The molecule has 122 valence electrons. The molecule has 0 spiro atoms. The number of nitro benzene ring substituents is 1. The number of rotatable bonds is 4. The van der Waals surface area contributed by atoms with E-state index in [0.29, 0.717) is 16.1 Å². The summed E-state index contributed by atoms with van der Waals surface area (Å²) in [6, 6.07) is 10.6. The van der Waals surface area contributed by atoms with E-state index in [4.69, 9.17) is 11.6 Å². The molecule has 24 heavy (non-hydrogen) atoms. The molecule has 0 amide bonds. The van der Waals surface area contributed by atoms with Crippen LogP contribution in [0, 0.1) is 10.1 Å². The molecule has 1 N–H and O–H groups in total. The van der Waals surface area contributed by atoms with Gasteiger partial charge in [0.2, 0.25) is 0 Å². The zero-order chi connectivity index (χ0) is 17.3. The summed E-state index contributed by atoms with van der Waals surface area (Å²) in [6.45, 7) is -0.0369. The van der Waals surface area contributed by atoms with Crippen LogP contribution >= 0.6 is 11.6 Å². The Kier molecular flexibility index (Phi) is 4.28. The third kappa shape index (κ3) is 3.12. The molecule has 7 nitrogen and oxygen atoms in total. The van der Waals surface area contributed by atoms with Crippen LogP contribution < -0.4 is 5.56 Å². The molecule has 8 heteroatoms. The maximum Gasteiger partial charge on any atom is 0.270 e. The van der Waals surface area contributed by atoms with Crippen molar-refractivity contribution in [1.29, 1.82) is 0 Å². The van der Waals surface area contributed by atoms with Crippen molar-refractivity contribution in [2.75, 3.05) is 0 Å². The van der Waals surface area contributed by atoms with Gasteiger partial charge in [0.05, 0.1) is 34.8 Å². The summed E-state index contributed by atoms with van der Waals surface area (Å²) in [4.78, 5) is 26.9. The highest BCUT2D eigenvalue weighted by atomic mass is 35.5. The first-order chi connectivity index (χ1) is 11.5. The molecule has 0 bridgehead atoms. The SMILES string of the molecule is O=c1c2cc([N+](=O)[O-])ccc2ncn1CC(O)c1cccc(Cl)c1. The Morgan fingerprint density at radius 1 is 1.29 bits per heavy atom. The summed E-state index contributed by atoms with van der Waals surface area (Å²) in [7, 11) is 0. The first kappa shape index (κ1) is 16.1. The molecule has 0 aliphatic heterocycles. The third-order valence-corrected chi connectivity index (χ3v) is 3.86. The molecule has 1 heterocycles. The number of aliphatic hydroxyl groups excluding tert-OH is 1. The van der Waals surface area contributed by atoms with Crippen LogP contribution in [0.25, 0.3) is 10.9 Å². The van der Waals surface area contributed by atoms with Crippen molar-refractivity contribution in [2.45, 2.75) is 12.6 Å². The predicted molar refractivity (Wildman–Crippen MR) is 89.1 cm³/mol. The van der Waals surface area contributed by atoms with Gasteiger partial charge < -0.3 is 5.11 Å². The summed E-state index contributed by atoms with van der Waals surface area (Å²) in [5.41, 5.74) is 0.284. The van der Waals surface area contributed by atoms with Gasteiger partial charge in [-0.05, 0) is 23.8 Å². The fourth-order valence-electron chi connectivity index (χ4n) is 2.40. The van der Waals surface area contributed by atoms with E-state index >= 15 is 0 Å². The van der Waals surface area contributed by atoms with Gasteiger partial charge in [-0.15, -0.1) is 0 Å². The molecular weight excluding hydrogens is 334 g/mol. The minimum atomic E-state index is -0.959. The lowest BCUT2D eigenvalue weighted by Gasteiger charge is -2.13. The van der Waals surface area contributed by atoms with Gasteiger partial charge in [-0.25, -0.2) is 4.98 Å². The van der Waals surface area contributed by atoms with Crippen LogP contribution in [0.15, 0.2) is 53.6 Å². The second-order valence-electron chi connectivity index (χ2n) is 5.23. The number of non-ortho nitro benzene ring substituents is 1. The minimum absolute atomic E-state index is 0.0369. The first-order valence-electron chi connectivity index (χ1n) is 7.03. The van der Waals surface area contributed by atoms with Gasteiger partial charge in [-0.3, -0.25) is 19.5 Å². The van der Waals surface area contributed by atoms with E-state index in [1.54, 1.807) is 24.3 Å². The number of benzene rings is 2. The number of nitro groups is 1. The van der Waals surface area contributed by atoms with Gasteiger partial charge in [0.1, 0.15) is 0 Å². The molecule has 1 atom stereocenters. The van der Waals surface area contributed by atoms with Crippen LogP contribution in [-0.4, -0.2) is 19.6 Å². The van der Waals surface area contributed by atoms with E-state index in [1.807, 2.05) is 0 Å². The average molecular weight is 346 g/mol. The van der Waals surface area contributed by atoms with Crippen molar-refractivity contribution < 1.29 is 10.0 Å². The summed E-state index contributed by atoms with van der Waals surface area (Å²) in [6.07, 6.45) is 0.351. The zero-order valence-corrected chi connectivity index (χ0v) is 13.1. The Bertz CT molecular complexity index is 986. The Hall–Kier alpha value is -2.77. The first-order valence-corrected chi connectivity index (χ1v) is 7.40. The maximum absolute atomic E-state index is 12.5. The van der Waals surface area contributed by atoms with Crippen molar-refractivity contribution in [3.8, 4) is 0 Å². The molecule has 3 rings (SSSR count). The monoisotopic (exact) mass is 345 g/mol. The van der Waals surface area contributed by atoms with Crippen LogP contribution in [-0.2, 0) is 6.54 Å². The van der Waals surface area contributed by atoms with E-state index in [-0.39, 0.29) is 17.6 Å². The molecule has 1 unspecified atom stereocenters. The standard InChI is InChI=1S/C16H12ClN3O4/c17-11-3-1-2-10(6-11)15(21)8-19-9-18-14-5-4-12(20(23)24)7-13(14)16(19)22/h1-7,9,15,21H,8H2. The Balaban J connectivity index is 1.99. The molecule has 2 aromatic carbocycles. The second-order valence-corrected chi connectivity index (χ2v) is 5.67. The number of hydrogen-bond acceptors (Lipinski definition) is 5. The fourth-order valence-corrected chi connectivity index (χ4v) is 2.59. The van der Waals surface area contributed by atoms with Gasteiger partial charge in [-0.1, -0.05) is 23.7 Å². The van der Waals surface area contributed by atoms with Crippen LogP contribution in [0.5, 0.6) is 0 Å². The number of fused-ring (bicyclic) bond motifs is 1. The normalized spacial score (nSPS) is 12.2. The van der Waals surface area contributed by atoms with Gasteiger partial charge in [0.25, 0.3) is 11.2 Å². The minimum Gasteiger partial charge on any atom is -0.387 e. The molecule has 3 aromatic rings. The van der Waals surface area contributed by atoms with Crippen LogP contribution in [0.1, 0.15) is 11.7 Å². The summed E-state index contributed by atoms with van der Waals surface area (Å²) in [5.74, 6) is 0. The van der Waals surface area contributed by atoms with Gasteiger partial charge in [-0.2, -0.15) is 0 Å². The van der Waals surface area contributed by atoms with Crippen molar-refractivity contribution in [3.63, 3.8) is 0 Å². The molecule has 0 radical (unpaired) electrons. The van der Waals surface area contributed by atoms with Crippen LogP contribution in [0.2, 0.25) is 5.02 Å². The lowest BCUT2D eigenvalue weighted by molar-refractivity contribution is -0.384. The van der Waals surface area contributed by atoms with Crippen molar-refractivity contribution in [1.82, 2.24) is 9.55 Å². The zero-order valence-electron chi connectivity index (χ0n) is 12.3. The lowest BCUT2D eigenvalue weighted by Crippen LogP contribution is -2.23. The van der Waals surface area contributed by atoms with E-state index < -0.39 is 16.6 Å². The number of nitrogens with zero attached hydrogens (tertiary/aromatic N) is 3. The predicted octanol–water partition coefficient (Wildman–Crippen LogP) is 2.69. The summed E-state index contributed by atoms with van der Waals surface area (Å²) < 4.78 is 1.22. The molecule has 0 aliphatic carbocycles. The molecule has 1 aromatic heterocycles. The highest BCUT2D eigenvalue weighted by Crippen LogP contribution is 2.20. The van der Waals surface area contributed by atoms with Crippen LogP contribution in [0.4, 0.5) is 5.69 Å². The molecular formula is C16H12ClN3O4. The smallest absolute Gasteiger partial charge is 0.270 e. The second kappa shape index (κ2) is 6.38. The topological polar surface area (TPSA) is 98.3 Å². The van der Waals surface area contributed by atoms with Crippen LogP contribution in [0.3, 0.4) is 0 Å². The molecule has 0 aliphatic rings. The Labute approximate surface area is 140 Å². The summed E-state index contributed by atoms with van der Waals surface area (Å²) in [5, 5.41) is 21.8. The average Bonchev–Trinajstić information content (AvgIpc) is 2.57. The fraction of sp³-hybridized carbons (Fsp3) is 0.125. The Morgan fingerprint density at radius 3 is 2.79 bits per heavy atom.